The number of nitrogens with one attached hydrogen (secondary N) is 1. The largest absolute Gasteiger partial charge is 0.353 e. The molecular weight excluding hydrogens is 318 g/mol. The van der Waals surface area contributed by atoms with Crippen molar-refractivity contribution in [1.82, 2.24) is 5.32 Å². The van der Waals surface area contributed by atoms with Gasteiger partial charge < -0.3 is 5.32 Å². The van der Waals surface area contributed by atoms with Gasteiger partial charge in [-0.3, -0.25) is 9.59 Å². The van der Waals surface area contributed by atoms with Gasteiger partial charge in [0.05, 0.1) is 16.5 Å². The van der Waals surface area contributed by atoms with E-state index in [0.29, 0.717) is 29.3 Å². The molecule has 0 saturated heterocycles. The Bertz CT molecular complexity index is 592. The monoisotopic (exact) mass is 337 g/mol. The van der Waals surface area contributed by atoms with E-state index in [4.69, 9.17) is 0 Å². The van der Waals surface area contributed by atoms with E-state index in [0.717, 1.165) is 17.9 Å². The third kappa shape index (κ3) is 3.81. The Morgan fingerprint density at radius 3 is 2.91 bits per heavy atom. The zero-order valence-electron chi connectivity index (χ0n) is 12.7. The predicted octanol–water partition coefficient (Wildman–Crippen LogP) is 2.24. The number of aliphatic imine (C=N–C) groups is 2. The first-order valence-electron chi connectivity index (χ1n) is 7.49. The molecule has 0 aromatic carbocycles. The third-order valence-electron chi connectivity index (χ3n) is 3.54. The van der Waals surface area contributed by atoms with Crippen LogP contribution in [0.3, 0.4) is 0 Å². The number of thioether (sulfide) groups is 2. The number of rotatable bonds is 6. The van der Waals surface area contributed by atoms with E-state index in [2.05, 4.69) is 29.1 Å². The first-order chi connectivity index (χ1) is 10.5. The van der Waals surface area contributed by atoms with Gasteiger partial charge in [0.25, 0.3) is 5.91 Å². The van der Waals surface area contributed by atoms with Crippen molar-refractivity contribution in [3.05, 3.63) is 11.0 Å². The zero-order chi connectivity index (χ0) is 15.7. The standard InChI is InChI=1S/C15H19N3O2S2/c1-8(2)11-5-10-14(20)17-12(18-15(10)22-11)6-21-7-13(19)16-9-3-4-9/h5,8-10H,3-4,6-7H2,1-2H3,(H,16,19). The molecule has 1 saturated carbocycles. The van der Waals surface area contributed by atoms with Crippen molar-refractivity contribution in [1.29, 1.82) is 0 Å². The molecule has 7 heteroatoms. The van der Waals surface area contributed by atoms with Crippen LogP contribution in [0, 0.1) is 11.8 Å². The Balaban J connectivity index is 1.52. The second-order valence-electron chi connectivity index (χ2n) is 5.95. The van der Waals surface area contributed by atoms with Crippen LogP contribution in [0.2, 0.25) is 0 Å². The molecule has 0 spiro atoms. The lowest BCUT2D eigenvalue weighted by atomic mass is 10.1. The number of nitrogens with zero attached hydrogens (tertiary/aromatic N) is 2. The van der Waals surface area contributed by atoms with Gasteiger partial charge in [-0.1, -0.05) is 31.7 Å². The van der Waals surface area contributed by atoms with Crippen LogP contribution >= 0.6 is 23.5 Å². The highest BCUT2D eigenvalue weighted by Crippen LogP contribution is 2.38. The molecule has 1 fully saturated rings. The summed E-state index contributed by atoms with van der Waals surface area (Å²) >= 11 is 3.04. The van der Waals surface area contributed by atoms with Crippen LogP contribution < -0.4 is 5.32 Å². The molecule has 118 valence electrons. The Hall–Kier alpha value is -1.08. The number of allylic oxidation sites excluding steroid dienone is 1. The molecule has 0 radical (unpaired) electrons. The average Bonchev–Trinajstić information content (AvgIpc) is 3.14. The Labute approximate surface area is 138 Å². The summed E-state index contributed by atoms with van der Waals surface area (Å²) in [5.41, 5.74) is 0. The summed E-state index contributed by atoms with van der Waals surface area (Å²) in [6.45, 7) is 4.22. The van der Waals surface area contributed by atoms with E-state index in [9.17, 15) is 9.59 Å². The van der Waals surface area contributed by atoms with E-state index in [1.165, 1.54) is 16.7 Å². The van der Waals surface area contributed by atoms with Crippen molar-refractivity contribution in [2.75, 3.05) is 11.5 Å². The second-order valence-corrected chi connectivity index (χ2v) is 8.03. The lowest BCUT2D eigenvalue weighted by Gasteiger charge is -2.12. The Morgan fingerprint density at radius 1 is 1.45 bits per heavy atom. The molecule has 2 heterocycles. The molecule has 3 aliphatic rings. The van der Waals surface area contributed by atoms with E-state index in [1.807, 2.05) is 6.08 Å². The van der Waals surface area contributed by atoms with Crippen molar-refractivity contribution in [2.45, 2.75) is 32.7 Å². The minimum absolute atomic E-state index is 0.0553. The summed E-state index contributed by atoms with van der Waals surface area (Å²) in [5, 5.41) is 3.78. The predicted molar refractivity (Wildman–Crippen MR) is 92.4 cm³/mol. The Kier molecular flexibility index (Phi) is 4.73. The maximum Gasteiger partial charge on any atom is 0.261 e. The fourth-order valence-corrected chi connectivity index (χ4v) is 3.99. The molecule has 1 N–H and O–H groups in total. The van der Waals surface area contributed by atoms with Gasteiger partial charge in [0, 0.05) is 6.04 Å². The van der Waals surface area contributed by atoms with Crippen LogP contribution in [0.1, 0.15) is 26.7 Å². The molecular formula is C15H19N3O2S2. The lowest BCUT2D eigenvalue weighted by Crippen LogP contribution is -2.28. The van der Waals surface area contributed by atoms with Gasteiger partial charge in [-0.2, -0.15) is 4.99 Å². The number of amidine groups is 1. The highest BCUT2D eigenvalue weighted by Gasteiger charge is 2.34. The van der Waals surface area contributed by atoms with Crippen molar-refractivity contribution in [3.8, 4) is 0 Å². The number of amides is 2. The maximum atomic E-state index is 12.1. The first-order valence-corrected chi connectivity index (χ1v) is 9.46. The lowest BCUT2D eigenvalue weighted by molar-refractivity contribution is -0.119. The summed E-state index contributed by atoms with van der Waals surface area (Å²) in [7, 11) is 0. The molecule has 1 unspecified atom stereocenters. The third-order valence-corrected chi connectivity index (χ3v) is 5.87. The van der Waals surface area contributed by atoms with Crippen LogP contribution in [0.5, 0.6) is 0 Å². The fourth-order valence-electron chi connectivity index (χ4n) is 2.18. The number of fused-ring (bicyclic) bond motifs is 1. The molecule has 0 bridgehead atoms. The molecule has 1 atom stereocenters. The molecule has 0 aromatic heterocycles. The SMILES string of the molecule is CC(C)C1=CC2C(=O)N=C(CSCC(=O)NC3CC3)N=C2S1. The maximum absolute atomic E-state index is 12.1. The normalized spacial score (nSPS) is 23.9. The summed E-state index contributed by atoms with van der Waals surface area (Å²) in [6, 6.07) is 0.387. The zero-order valence-corrected chi connectivity index (χ0v) is 14.3. The van der Waals surface area contributed by atoms with Gasteiger partial charge in [-0.25, -0.2) is 4.99 Å². The van der Waals surface area contributed by atoms with Gasteiger partial charge in [-0.15, -0.1) is 11.8 Å². The minimum Gasteiger partial charge on any atom is -0.353 e. The topological polar surface area (TPSA) is 70.9 Å². The summed E-state index contributed by atoms with van der Waals surface area (Å²) in [5.74, 6) is 1.46. The molecule has 5 nitrogen and oxygen atoms in total. The van der Waals surface area contributed by atoms with E-state index in [1.54, 1.807) is 11.8 Å². The van der Waals surface area contributed by atoms with Crippen molar-refractivity contribution < 1.29 is 9.59 Å². The quantitative estimate of drug-likeness (QED) is 0.807. The number of hydrogen-bond acceptors (Lipinski definition) is 5. The summed E-state index contributed by atoms with van der Waals surface area (Å²) < 4.78 is 0. The van der Waals surface area contributed by atoms with E-state index < -0.39 is 0 Å². The molecule has 3 rings (SSSR count). The van der Waals surface area contributed by atoms with Crippen LogP contribution in [0.15, 0.2) is 21.0 Å². The number of carbonyl (C=O) groups is 2. The number of carbonyl (C=O) groups excluding carboxylic acids is 2. The van der Waals surface area contributed by atoms with Gasteiger partial charge >= 0.3 is 0 Å². The first kappa shape index (κ1) is 15.8. The second kappa shape index (κ2) is 6.58. The van der Waals surface area contributed by atoms with Crippen LogP contribution in [-0.2, 0) is 9.59 Å². The molecule has 1 aliphatic carbocycles. The van der Waals surface area contributed by atoms with Gasteiger partial charge in [0.2, 0.25) is 5.91 Å². The van der Waals surface area contributed by atoms with Gasteiger partial charge in [0.1, 0.15) is 11.8 Å². The average molecular weight is 337 g/mol. The van der Waals surface area contributed by atoms with Crippen molar-refractivity contribution >= 4 is 46.2 Å². The van der Waals surface area contributed by atoms with Crippen LogP contribution in [0.4, 0.5) is 0 Å². The highest BCUT2D eigenvalue weighted by atomic mass is 32.2. The van der Waals surface area contributed by atoms with Gasteiger partial charge in [0.15, 0.2) is 0 Å². The fraction of sp³-hybridized carbons (Fsp3) is 0.600. The minimum atomic E-state index is -0.283. The smallest absolute Gasteiger partial charge is 0.261 e. The molecule has 2 amide bonds. The van der Waals surface area contributed by atoms with Crippen LogP contribution in [0.25, 0.3) is 0 Å². The van der Waals surface area contributed by atoms with Crippen LogP contribution in [-0.4, -0.2) is 40.2 Å². The molecule has 22 heavy (non-hydrogen) atoms. The number of hydrogen-bond donors (Lipinski definition) is 1. The highest BCUT2D eigenvalue weighted by molar-refractivity contribution is 8.17. The molecule has 2 aliphatic heterocycles. The summed E-state index contributed by atoms with van der Waals surface area (Å²) in [4.78, 5) is 33.5. The van der Waals surface area contributed by atoms with Gasteiger partial charge in [-0.05, 0) is 23.7 Å². The Morgan fingerprint density at radius 2 is 2.23 bits per heavy atom. The van der Waals surface area contributed by atoms with Crippen molar-refractivity contribution in [2.24, 2.45) is 21.8 Å². The van der Waals surface area contributed by atoms with Crippen molar-refractivity contribution in [3.63, 3.8) is 0 Å². The summed E-state index contributed by atoms with van der Waals surface area (Å²) in [6.07, 6.45) is 4.16. The molecule has 0 aromatic rings. The van der Waals surface area contributed by atoms with E-state index in [-0.39, 0.29) is 17.7 Å². The van der Waals surface area contributed by atoms with E-state index >= 15 is 0 Å².